The summed E-state index contributed by atoms with van der Waals surface area (Å²) in [6.07, 6.45) is 17.2. The van der Waals surface area contributed by atoms with E-state index >= 15 is 0 Å². The van der Waals surface area contributed by atoms with Crippen molar-refractivity contribution in [1.29, 1.82) is 0 Å². The van der Waals surface area contributed by atoms with E-state index in [2.05, 4.69) is 73.0 Å². The first-order chi connectivity index (χ1) is 11.7. The van der Waals surface area contributed by atoms with Gasteiger partial charge in [-0.3, -0.25) is 0 Å². The number of fused-ring (bicyclic) bond motifs is 1. The summed E-state index contributed by atoms with van der Waals surface area (Å²) in [5.74, 6) is 2.55. The molecule has 0 N–H and O–H groups in total. The fourth-order valence-corrected chi connectivity index (χ4v) is 2.89. The summed E-state index contributed by atoms with van der Waals surface area (Å²) in [5.41, 5.74) is 4.46. The minimum Gasteiger partial charge on any atom is -0.344 e. The van der Waals surface area contributed by atoms with Crippen LogP contribution in [0.25, 0.3) is 22.9 Å². The highest BCUT2D eigenvalue weighted by atomic mass is 15.1. The molecule has 2 rings (SSSR count). The molecule has 0 radical (unpaired) electrons. The molecule has 0 saturated heterocycles. The summed E-state index contributed by atoms with van der Waals surface area (Å²) < 4.78 is 0. The Balaban J connectivity index is 2.77. The van der Waals surface area contributed by atoms with E-state index in [0.717, 1.165) is 22.5 Å². The number of nitrogens with zero attached hydrogens (tertiary/aromatic N) is 1. The molecule has 120 valence electrons. The van der Waals surface area contributed by atoms with Gasteiger partial charge in [0.2, 0.25) is 0 Å². The molecule has 24 heavy (non-hydrogen) atoms. The van der Waals surface area contributed by atoms with Gasteiger partial charge in [-0.15, -0.1) is 6.42 Å². The van der Waals surface area contributed by atoms with Gasteiger partial charge in [0, 0.05) is 24.0 Å². The van der Waals surface area contributed by atoms with Gasteiger partial charge in [0.1, 0.15) is 0 Å². The largest absolute Gasteiger partial charge is 0.344 e. The number of hydrogen-bond donors (Lipinski definition) is 0. The average molecular weight is 313 g/mol. The van der Waals surface area contributed by atoms with Crippen LogP contribution >= 0.6 is 0 Å². The summed E-state index contributed by atoms with van der Waals surface area (Å²) >= 11 is 0. The van der Waals surface area contributed by atoms with Crippen LogP contribution in [0.1, 0.15) is 25.0 Å². The van der Waals surface area contributed by atoms with Crippen molar-refractivity contribution in [2.75, 3.05) is 11.9 Å². The highest BCUT2D eigenvalue weighted by Gasteiger charge is 2.14. The molecule has 0 amide bonds. The summed E-state index contributed by atoms with van der Waals surface area (Å²) in [6, 6.07) is 10.6. The monoisotopic (exact) mass is 313 g/mol. The van der Waals surface area contributed by atoms with Crippen LogP contribution in [0.4, 0.5) is 5.69 Å². The topological polar surface area (TPSA) is 3.24 Å². The van der Waals surface area contributed by atoms with E-state index in [-0.39, 0.29) is 0 Å². The Kier molecular flexibility index (Phi) is 5.82. The molecule has 0 fully saturated rings. The molecule has 0 atom stereocenters. The number of rotatable bonds is 5. The standard InChI is InChI=1S/C23H23N/c1-6-10-15-19(8-3)24(5)23-17-18-14-11-12-16-21(18)20(9-4)22(23)13-7-2/h1,7-17H,4H2,2-3,5H3/b13-7-,15-10-,19-8+. The fraction of sp³-hybridized carbons (Fsp3) is 0.130. The minimum atomic E-state index is 1.05. The number of anilines is 1. The number of benzene rings is 2. The van der Waals surface area contributed by atoms with E-state index in [1.165, 1.54) is 10.8 Å². The number of terminal acetylenes is 1. The Labute approximate surface area is 145 Å². The third-order valence-electron chi connectivity index (χ3n) is 4.04. The molecule has 0 aliphatic heterocycles. The lowest BCUT2D eigenvalue weighted by atomic mass is 9.95. The first kappa shape index (κ1) is 17.4. The maximum Gasteiger partial charge on any atom is 0.0494 e. The van der Waals surface area contributed by atoms with Crippen LogP contribution in [-0.2, 0) is 0 Å². The normalized spacial score (nSPS) is 12.0. The van der Waals surface area contributed by atoms with Gasteiger partial charge in [0.25, 0.3) is 0 Å². The van der Waals surface area contributed by atoms with E-state index in [4.69, 9.17) is 6.42 Å². The highest BCUT2D eigenvalue weighted by Crippen LogP contribution is 2.34. The summed E-state index contributed by atoms with van der Waals surface area (Å²) in [5, 5.41) is 2.40. The molecule has 0 bridgehead atoms. The van der Waals surface area contributed by atoms with Gasteiger partial charge in [0.15, 0.2) is 0 Å². The summed E-state index contributed by atoms with van der Waals surface area (Å²) in [7, 11) is 2.06. The van der Waals surface area contributed by atoms with E-state index in [0.29, 0.717) is 0 Å². The van der Waals surface area contributed by atoms with Crippen LogP contribution in [0.5, 0.6) is 0 Å². The molecule has 0 heterocycles. The molecule has 0 unspecified atom stereocenters. The minimum absolute atomic E-state index is 1.05. The predicted octanol–water partition coefficient (Wildman–Crippen LogP) is 6.05. The summed E-state index contributed by atoms with van der Waals surface area (Å²) in [4.78, 5) is 2.16. The van der Waals surface area contributed by atoms with Crippen LogP contribution in [0.2, 0.25) is 0 Å². The van der Waals surface area contributed by atoms with Crippen LogP contribution in [0, 0.1) is 12.3 Å². The molecule has 0 spiro atoms. The van der Waals surface area contributed by atoms with E-state index in [1.54, 1.807) is 6.08 Å². The molecular formula is C23H23N. The second kappa shape index (κ2) is 8.04. The van der Waals surface area contributed by atoms with Gasteiger partial charge in [-0.05, 0) is 48.4 Å². The average Bonchev–Trinajstić information content (AvgIpc) is 2.61. The summed E-state index contributed by atoms with van der Waals surface area (Å²) in [6.45, 7) is 8.07. The lowest BCUT2D eigenvalue weighted by Crippen LogP contribution is -2.16. The molecule has 2 aromatic carbocycles. The van der Waals surface area contributed by atoms with E-state index in [9.17, 15) is 0 Å². The number of allylic oxidation sites excluding steroid dienone is 4. The van der Waals surface area contributed by atoms with Crippen molar-refractivity contribution in [3.05, 3.63) is 78.0 Å². The molecule has 0 saturated carbocycles. The maximum atomic E-state index is 5.36. The zero-order chi connectivity index (χ0) is 17.5. The quantitative estimate of drug-likeness (QED) is 0.480. The van der Waals surface area contributed by atoms with Crippen molar-refractivity contribution in [3.63, 3.8) is 0 Å². The van der Waals surface area contributed by atoms with Gasteiger partial charge in [-0.2, -0.15) is 0 Å². The first-order valence-corrected chi connectivity index (χ1v) is 8.01. The predicted molar refractivity (Wildman–Crippen MR) is 109 cm³/mol. The maximum absolute atomic E-state index is 5.36. The molecule has 0 aliphatic carbocycles. The highest BCUT2D eigenvalue weighted by molar-refractivity contribution is 5.99. The van der Waals surface area contributed by atoms with Crippen molar-refractivity contribution in [1.82, 2.24) is 0 Å². The SMILES string of the molecule is C#C/C=C\C(=C/C)N(C)c1cc2ccccc2c(C=C)c1/C=C\C. The molecule has 1 heteroatoms. The lowest BCUT2D eigenvalue weighted by molar-refractivity contribution is 1.13. The lowest BCUT2D eigenvalue weighted by Gasteiger charge is -2.25. The second-order valence-corrected chi connectivity index (χ2v) is 5.42. The smallest absolute Gasteiger partial charge is 0.0494 e. The van der Waals surface area contributed by atoms with Gasteiger partial charge in [0.05, 0.1) is 0 Å². The van der Waals surface area contributed by atoms with Gasteiger partial charge >= 0.3 is 0 Å². The second-order valence-electron chi connectivity index (χ2n) is 5.42. The molecule has 0 aromatic heterocycles. The molecule has 2 aromatic rings. The molecular weight excluding hydrogens is 290 g/mol. The Morgan fingerprint density at radius 3 is 2.58 bits per heavy atom. The fourth-order valence-electron chi connectivity index (χ4n) is 2.89. The van der Waals surface area contributed by atoms with E-state index in [1.807, 2.05) is 26.0 Å². The Morgan fingerprint density at radius 2 is 1.96 bits per heavy atom. The van der Waals surface area contributed by atoms with Crippen molar-refractivity contribution in [3.8, 4) is 12.3 Å². The van der Waals surface area contributed by atoms with Gasteiger partial charge in [-0.1, -0.05) is 61.1 Å². The van der Waals surface area contributed by atoms with Crippen LogP contribution in [0.15, 0.2) is 66.9 Å². The van der Waals surface area contributed by atoms with Crippen molar-refractivity contribution in [2.45, 2.75) is 13.8 Å². The van der Waals surface area contributed by atoms with Crippen LogP contribution in [0.3, 0.4) is 0 Å². The third-order valence-corrected chi connectivity index (χ3v) is 4.04. The zero-order valence-electron chi connectivity index (χ0n) is 14.6. The molecule has 0 aliphatic rings. The number of hydrogen-bond acceptors (Lipinski definition) is 1. The van der Waals surface area contributed by atoms with E-state index < -0.39 is 0 Å². The first-order valence-electron chi connectivity index (χ1n) is 8.01. The van der Waals surface area contributed by atoms with Crippen molar-refractivity contribution < 1.29 is 0 Å². The van der Waals surface area contributed by atoms with Crippen LogP contribution in [-0.4, -0.2) is 7.05 Å². The van der Waals surface area contributed by atoms with Gasteiger partial charge < -0.3 is 4.90 Å². The number of likely N-dealkylation sites (N-methyl/N-ethyl adjacent to an activating group) is 1. The Morgan fingerprint density at radius 1 is 1.21 bits per heavy atom. The molecule has 1 nitrogen and oxygen atoms in total. The van der Waals surface area contributed by atoms with Crippen molar-refractivity contribution in [2.24, 2.45) is 0 Å². The Bertz CT molecular complexity index is 873. The zero-order valence-corrected chi connectivity index (χ0v) is 14.6. The third kappa shape index (κ3) is 3.34. The van der Waals surface area contributed by atoms with Gasteiger partial charge in [-0.25, -0.2) is 0 Å². The van der Waals surface area contributed by atoms with Crippen molar-refractivity contribution >= 4 is 28.6 Å². The Hall–Kier alpha value is -2.98. The van der Waals surface area contributed by atoms with Crippen LogP contribution < -0.4 is 4.90 Å².